The van der Waals surface area contributed by atoms with Crippen LogP contribution in [0.2, 0.25) is 0 Å². The lowest BCUT2D eigenvalue weighted by Gasteiger charge is -2.33. The summed E-state index contributed by atoms with van der Waals surface area (Å²) in [6, 6.07) is 73.7. The van der Waals surface area contributed by atoms with E-state index in [0.29, 0.717) is 11.8 Å². The molecule has 0 radical (unpaired) electrons. The van der Waals surface area contributed by atoms with Crippen LogP contribution in [-0.2, 0) is 0 Å². The van der Waals surface area contributed by atoms with Crippen LogP contribution in [0.25, 0.3) is 43.8 Å². The van der Waals surface area contributed by atoms with Crippen LogP contribution in [-0.4, -0.2) is 0 Å². The smallest absolute Gasteiger partial charge is 0.0620 e. The topological polar surface area (TPSA) is 6.48 Å². The lowest BCUT2D eigenvalue weighted by Crippen LogP contribution is -2.15. The van der Waals surface area contributed by atoms with Crippen molar-refractivity contribution in [3.8, 4) is 22.3 Å². The maximum absolute atomic E-state index is 2.55. The molecular formula is C64H60N2. The number of anilines is 6. The van der Waals surface area contributed by atoms with Crippen LogP contribution >= 0.6 is 0 Å². The number of rotatable bonds is 10. The van der Waals surface area contributed by atoms with Gasteiger partial charge in [-0.25, -0.2) is 0 Å². The average Bonchev–Trinajstić information content (AvgIpc) is 3.39. The minimum absolute atomic E-state index is 0.635. The van der Waals surface area contributed by atoms with Crippen molar-refractivity contribution in [1.82, 2.24) is 0 Å². The van der Waals surface area contributed by atoms with Gasteiger partial charge in [-0.3, -0.25) is 0 Å². The Morgan fingerprint density at radius 1 is 0.303 bits per heavy atom. The molecule has 2 fully saturated rings. The number of aryl methyl sites for hydroxylation is 2. The van der Waals surface area contributed by atoms with Gasteiger partial charge in [-0.2, -0.15) is 0 Å². The van der Waals surface area contributed by atoms with E-state index in [1.807, 2.05) is 0 Å². The Bertz CT molecular complexity index is 2850. The minimum Gasteiger partial charge on any atom is -0.309 e. The number of hydrogen-bond acceptors (Lipinski definition) is 2. The molecule has 2 heteroatoms. The highest BCUT2D eigenvalue weighted by molar-refractivity contribution is 6.24. The van der Waals surface area contributed by atoms with Gasteiger partial charge in [0.05, 0.1) is 11.4 Å². The van der Waals surface area contributed by atoms with E-state index in [1.165, 1.54) is 153 Å². The third-order valence-corrected chi connectivity index (χ3v) is 14.8. The van der Waals surface area contributed by atoms with E-state index in [-0.39, 0.29) is 0 Å². The van der Waals surface area contributed by atoms with Crippen LogP contribution in [0.3, 0.4) is 0 Å². The third kappa shape index (κ3) is 8.30. The van der Waals surface area contributed by atoms with Gasteiger partial charge in [-0.05, 0) is 145 Å². The summed E-state index contributed by atoms with van der Waals surface area (Å²) in [4.78, 5) is 5.09. The fourth-order valence-corrected chi connectivity index (χ4v) is 11.2. The maximum atomic E-state index is 2.55. The highest BCUT2D eigenvalue weighted by atomic mass is 15.2. The fraction of sp³-hybridized carbons (Fsp3) is 0.219. The van der Waals surface area contributed by atoms with Crippen LogP contribution in [0.1, 0.15) is 98.3 Å². The summed E-state index contributed by atoms with van der Waals surface area (Å²) in [5, 5.41) is 4.82. The predicted octanol–water partition coefficient (Wildman–Crippen LogP) is 19.0. The van der Waals surface area contributed by atoms with Crippen molar-refractivity contribution in [2.45, 2.75) is 89.9 Å². The van der Waals surface area contributed by atoms with Crippen molar-refractivity contribution >= 4 is 55.7 Å². The first-order chi connectivity index (χ1) is 32.6. The third-order valence-electron chi connectivity index (χ3n) is 14.8. The van der Waals surface area contributed by atoms with E-state index in [0.717, 1.165) is 11.4 Å². The summed E-state index contributed by atoms with van der Waals surface area (Å²) in [5.41, 5.74) is 17.2. The van der Waals surface area contributed by atoms with E-state index in [1.54, 1.807) is 0 Å². The Morgan fingerprint density at radius 3 is 0.985 bits per heavy atom. The summed E-state index contributed by atoms with van der Waals surface area (Å²) in [6.07, 6.45) is 13.1. The van der Waals surface area contributed by atoms with Gasteiger partial charge in [0.2, 0.25) is 0 Å². The second kappa shape index (κ2) is 18.5. The van der Waals surface area contributed by atoms with E-state index < -0.39 is 0 Å². The zero-order valence-electron chi connectivity index (χ0n) is 38.6. The Kier molecular flexibility index (Phi) is 11.7. The largest absolute Gasteiger partial charge is 0.309 e. The van der Waals surface area contributed by atoms with Crippen LogP contribution in [0.15, 0.2) is 194 Å². The van der Waals surface area contributed by atoms with Crippen LogP contribution < -0.4 is 9.80 Å². The molecule has 0 bridgehead atoms. The number of hydrogen-bond donors (Lipinski definition) is 0. The molecule has 9 aromatic carbocycles. The lowest BCUT2D eigenvalue weighted by molar-refractivity contribution is 0.443. The van der Waals surface area contributed by atoms with E-state index in [9.17, 15) is 0 Å². The number of fused-ring (bicyclic) bond motifs is 2. The molecule has 2 aliphatic carbocycles. The number of benzene rings is 9. The van der Waals surface area contributed by atoms with Crippen molar-refractivity contribution < 1.29 is 0 Å². The van der Waals surface area contributed by atoms with E-state index in [4.69, 9.17) is 0 Å². The molecule has 0 heterocycles. The predicted molar refractivity (Wildman–Crippen MR) is 283 cm³/mol. The Hall–Kier alpha value is -6.90. The summed E-state index contributed by atoms with van der Waals surface area (Å²) in [7, 11) is 0. The van der Waals surface area contributed by atoms with Gasteiger partial charge in [0.25, 0.3) is 0 Å². The Labute approximate surface area is 392 Å². The van der Waals surface area contributed by atoms with Gasteiger partial charge in [-0.1, -0.05) is 183 Å². The van der Waals surface area contributed by atoms with Gasteiger partial charge in [0, 0.05) is 44.3 Å². The summed E-state index contributed by atoms with van der Waals surface area (Å²) >= 11 is 0. The van der Waals surface area contributed by atoms with Gasteiger partial charge < -0.3 is 9.80 Å². The molecule has 2 saturated carbocycles. The molecule has 0 amide bonds. The first-order valence-electron chi connectivity index (χ1n) is 24.6. The monoisotopic (exact) mass is 856 g/mol. The first-order valence-corrected chi connectivity index (χ1v) is 24.6. The quantitative estimate of drug-likeness (QED) is 0.0999. The summed E-state index contributed by atoms with van der Waals surface area (Å²) in [6.45, 7) is 4.37. The normalized spacial score (nSPS) is 14.7. The van der Waals surface area contributed by atoms with Crippen LogP contribution in [0, 0.1) is 13.8 Å². The van der Waals surface area contributed by atoms with Crippen molar-refractivity contribution in [2.75, 3.05) is 9.80 Å². The molecule has 0 saturated heterocycles. The standard InChI is InChI=1S/C64H60N2/c1-45-23-33-55(34-24-45)65(57-37-27-51(28-38-57)47-15-7-3-8-16-47)63-59-41-31-54(50-21-13-6-14-22-50)44-62(59)64(60-42-32-53(43-61(60)63)49-19-11-5-12-20-49)66(56-35-25-46(2)26-36-56)58-39-29-52(30-40-58)48-17-9-4-10-18-48/h5-6,11-14,19-44,47-48H,3-4,7-10,15-18H2,1-2H3. The molecule has 11 rings (SSSR count). The molecule has 66 heavy (non-hydrogen) atoms. The van der Waals surface area contributed by atoms with Crippen molar-refractivity contribution in [2.24, 2.45) is 0 Å². The Balaban J connectivity index is 1.23. The highest BCUT2D eigenvalue weighted by Crippen LogP contribution is 2.53. The van der Waals surface area contributed by atoms with Crippen LogP contribution in [0.4, 0.5) is 34.1 Å². The Morgan fingerprint density at radius 2 is 0.636 bits per heavy atom. The highest BCUT2D eigenvalue weighted by Gasteiger charge is 2.27. The molecule has 9 aromatic rings. The van der Waals surface area contributed by atoms with Gasteiger partial charge in [-0.15, -0.1) is 0 Å². The van der Waals surface area contributed by atoms with Crippen molar-refractivity contribution in [3.05, 3.63) is 216 Å². The van der Waals surface area contributed by atoms with Crippen LogP contribution in [0.5, 0.6) is 0 Å². The minimum atomic E-state index is 0.635. The van der Waals surface area contributed by atoms with E-state index in [2.05, 4.69) is 218 Å². The van der Waals surface area contributed by atoms with Gasteiger partial charge in [0.1, 0.15) is 0 Å². The molecule has 326 valence electrons. The second-order valence-corrected chi connectivity index (χ2v) is 19.1. The molecular weight excluding hydrogens is 797 g/mol. The molecule has 2 aliphatic rings. The van der Waals surface area contributed by atoms with Crippen molar-refractivity contribution in [3.63, 3.8) is 0 Å². The molecule has 0 atom stereocenters. The van der Waals surface area contributed by atoms with Gasteiger partial charge >= 0.3 is 0 Å². The lowest BCUT2D eigenvalue weighted by atomic mass is 9.84. The molecule has 0 N–H and O–H groups in total. The fourth-order valence-electron chi connectivity index (χ4n) is 11.2. The zero-order valence-corrected chi connectivity index (χ0v) is 38.6. The van der Waals surface area contributed by atoms with E-state index >= 15 is 0 Å². The summed E-state index contributed by atoms with van der Waals surface area (Å²) in [5.74, 6) is 1.27. The average molecular weight is 857 g/mol. The summed E-state index contributed by atoms with van der Waals surface area (Å²) < 4.78 is 0. The zero-order chi connectivity index (χ0) is 44.4. The molecule has 2 nitrogen and oxygen atoms in total. The first kappa shape index (κ1) is 41.8. The molecule has 0 aromatic heterocycles. The molecule has 0 spiro atoms. The molecule has 0 unspecified atom stereocenters. The SMILES string of the molecule is Cc1ccc(N(c2ccc(C3CCCCC3)cc2)c2c3ccc(-c4ccccc4)cc3c(N(c3ccc(C)cc3)c3ccc(C4CCCCC4)cc3)c3ccc(-c4ccccc4)cc23)cc1. The van der Waals surface area contributed by atoms with Gasteiger partial charge in [0.15, 0.2) is 0 Å². The molecule has 0 aliphatic heterocycles. The second-order valence-electron chi connectivity index (χ2n) is 19.1. The maximum Gasteiger partial charge on any atom is 0.0620 e. The number of nitrogens with zero attached hydrogens (tertiary/aromatic N) is 2. The van der Waals surface area contributed by atoms with Crippen molar-refractivity contribution in [1.29, 1.82) is 0 Å².